The summed E-state index contributed by atoms with van der Waals surface area (Å²) in [5.74, 6) is 2.46. The maximum absolute atomic E-state index is 6.83. The highest BCUT2D eigenvalue weighted by molar-refractivity contribution is 4.74. The van der Waals surface area contributed by atoms with Crippen LogP contribution >= 0.6 is 0 Å². The molecule has 111 valence electrons. The molecular weight excluding hydrogens is 228 g/mol. The Kier molecular flexibility index (Phi) is 17.2. The van der Waals surface area contributed by atoms with Gasteiger partial charge in [-0.1, -0.05) is 103 Å². The highest BCUT2D eigenvalue weighted by Crippen LogP contribution is 2.13. The van der Waals surface area contributed by atoms with Crippen LogP contribution in [0.4, 0.5) is 0 Å². The molecule has 0 heterocycles. The van der Waals surface area contributed by atoms with Gasteiger partial charge in [-0.2, -0.15) is 0 Å². The van der Waals surface area contributed by atoms with E-state index in [-0.39, 0.29) is 0 Å². The van der Waals surface area contributed by atoms with Gasteiger partial charge in [-0.15, -0.1) is 0 Å². The third-order valence-electron chi connectivity index (χ3n) is 3.91. The minimum Gasteiger partial charge on any atom is -0.0891 e. The van der Waals surface area contributed by atoms with Crippen molar-refractivity contribution in [3.05, 3.63) is 6.42 Å². The first-order chi connectivity index (χ1) is 9.41. The normalized spacial score (nSPS) is 10.5. The molecule has 0 saturated carbocycles. The van der Waals surface area contributed by atoms with E-state index in [1.165, 1.54) is 96.3 Å². The van der Waals surface area contributed by atoms with Gasteiger partial charge in [-0.3, -0.25) is 0 Å². The lowest BCUT2D eigenvalue weighted by Gasteiger charge is -2.02. The van der Waals surface area contributed by atoms with E-state index in [4.69, 9.17) is 6.42 Å². The van der Waals surface area contributed by atoms with E-state index in [0.717, 1.165) is 6.42 Å². The van der Waals surface area contributed by atoms with Crippen LogP contribution in [0.5, 0.6) is 0 Å². The number of hydrogen-bond donors (Lipinski definition) is 0. The molecule has 0 aliphatic carbocycles. The maximum atomic E-state index is 6.83. The molecule has 0 aliphatic rings. The topological polar surface area (TPSA) is 0 Å². The van der Waals surface area contributed by atoms with Crippen LogP contribution in [0, 0.1) is 12.3 Å². The smallest absolute Gasteiger partial charge is 0.00989 e. The largest absolute Gasteiger partial charge is 0.0891 e. The summed E-state index contributed by atoms with van der Waals surface area (Å²) in [5.41, 5.74) is 0. The molecule has 0 bridgehead atoms. The van der Waals surface area contributed by atoms with Crippen LogP contribution in [0.2, 0.25) is 0 Å². The van der Waals surface area contributed by atoms with Gasteiger partial charge in [0.2, 0.25) is 0 Å². The van der Waals surface area contributed by atoms with E-state index in [1.807, 2.05) is 0 Å². The molecule has 0 rings (SSSR count). The van der Waals surface area contributed by atoms with E-state index < -0.39 is 0 Å². The Labute approximate surface area is 122 Å². The maximum Gasteiger partial charge on any atom is 0.00989 e. The summed E-state index contributed by atoms with van der Waals surface area (Å²) in [7, 11) is 0. The molecule has 0 aliphatic heterocycles. The third-order valence-corrected chi connectivity index (χ3v) is 3.91. The lowest BCUT2D eigenvalue weighted by Crippen LogP contribution is -1.83. The fourth-order valence-corrected chi connectivity index (χ4v) is 2.58. The highest BCUT2D eigenvalue weighted by atomic mass is 14.0. The molecule has 0 fully saturated rings. The number of rotatable bonds is 15. The average molecular weight is 263 g/mol. The van der Waals surface area contributed by atoms with Crippen LogP contribution in [0.25, 0.3) is 0 Å². The fraction of sp³-hybridized carbons (Fsp3) is 0.895. The van der Waals surface area contributed by atoms with Crippen molar-refractivity contribution < 1.29 is 0 Å². The lowest BCUT2D eigenvalue weighted by atomic mass is 10.0. The van der Waals surface area contributed by atoms with Gasteiger partial charge in [-0.05, 0) is 12.8 Å². The van der Waals surface area contributed by atoms with Gasteiger partial charge in [0.25, 0.3) is 0 Å². The molecule has 0 unspecified atom stereocenters. The Morgan fingerprint density at radius 3 is 1.16 bits per heavy atom. The predicted octanol–water partition coefficient (Wildman–Crippen LogP) is 6.84. The van der Waals surface area contributed by atoms with Crippen LogP contribution in [0.1, 0.15) is 110 Å². The van der Waals surface area contributed by atoms with Gasteiger partial charge in [0.1, 0.15) is 0 Å². The molecule has 0 atom stereocenters. The van der Waals surface area contributed by atoms with Crippen LogP contribution in [-0.4, -0.2) is 0 Å². The van der Waals surface area contributed by atoms with E-state index in [9.17, 15) is 0 Å². The van der Waals surface area contributed by atoms with E-state index in [2.05, 4.69) is 12.8 Å². The minimum atomic E-state index is 0.859. The third kappa shape index (κ3) is 17.6. The molecule has 0 aromatic heterocycles. The number of hydrogen-bond acceptors (Lipinski definition) is 0. The van der Waals surface area contributed by atoms with Crippen molar-refractivity contribution in [1.82, 2.24) is 0 Å². The Morgan fingerprint density at radius 1 is 0.526 bits per heavy atom. The molecule has 19 heavy (non-hydrogen) atoms. The van der Waals surface area contributed by atoms with Crippen molar-refractivity contribution in [1.29, 1.82) is 0 Å². The molecule has 0 spiro atoms. The van der Waals surface area contributed by atoms with Crippen molar-refractivity contribution in [3.8, 4) is 5.92 Å². The summed E-state index contributed by atoms with van der Waals surface area (Å²) in [6.07, 6.45) is 28.8. The van der Waals surface area contributed by atoms with Crippen LogP contribution < -0.4 is 0 Å². The van der Waals surface area contributed by atoms with Gasteiger partial charge < -0.3 is 0 Å². The molecular formula is C19H35. The van der Waals surface area contributed by atoms with E-state index in [1.54, 1.807) is 0 Å². The predicted molar refractivity (Wildman–Crippen MR) is 86.7 cm³/mol. The SMILES string of the molecule is [C]#CCCCCCCCCCCCCCCCCC. The summed E-state index contributed by atoms with van der Waals surface area (Å²) in [4.78, 5) is 0. The Balaban J connectivity index is 2.90. The standard InChI is InChI=1S/C19H35/c1-3-5-7-9-11-13-15-17-19-18-16-14-12-10-8-6-4-2/h3,5-19H2,1H3. The van der Waals surface area contributed by atoms with Crippen molar-refractivity contribution in [2.45, 2.75) is 110 Å². The van der Waals surface area contributed by atoms with Gasteiger partial charge in [-0.25, -0.2) is 0 Å². The molecule has 0 nitrogen and oxygen atoms in total. The molecule has 0 heteroatoms. The second-order valence-electron chi connectivity index (χ2n) is 5.88. The zero-order valence-electron chi connectivity index (χ0n) is 13.3. The van der Waals surface area contributed by atoms with Crippen LogP contribution in [0.3, 0.4) is 0 Å². The summed E-state index contributed by atoms with van der Waals surface area (Å²) in [6, 6.07) is 0. The summed E-state index contributed by atoms with van der Waals surface area (Å²) >= 11 is 0. The van der Waals surface area contributed by atoms with Gasteiger partial charge >= 0.3 is 0 Å². The van der Waals surface area contributed by atoms with Crippen molar-refractivity contribution >= 4 is 0 Å². The summed E-state index contributed by atoms with van der Waals surface area (Å²) in [6.45, 7) is 2.28. The van der Waals surface area contributed by atoms with Gasteiger partial charge in [0.15, 0.2) is 0 Å². The molecule has 0 N–H and O–H groups in total. The first kappa shape index (κ1) is 18.6. The molecule has 0 saturated heterocycles. The Bertz CT molecular complexity index is 187. The lowest BCUT2D eigenvalue weighted by molar-refractivity contribution is 0.533. The average Bonchev–Trinajstić information content (AvgIpc) is 2.43. The van der Waals surface area contributed by atoms with Gasteiger partial charge in [0, 0.05) is 6.42 Å². The highest BCUT2D eigenvalue weighted by Gasteiger charge is 1.93. The second kappa shape index (κ2) is 17.6. The van der Waals surface area contributed by atoms with Crippen molar-refractivity contribution in [2.24, 2.45) is 0 Å². The quantitative estimate of drug-likeness (QED) is 0.224. The Morgan fingerprint density at radius 2 is 0.842 bits per heavy atom. The van der Waals surface area contributed by atoms with Crippen molar-refractivity contribution in [3.63, 3.8) is 0 Å². The van der Waals surface area contributed by atoms with Crippen LogP contribution in [-0.2, 0) is 0 Å². The first-order valence-electron chi connectivity index (χ1n) is 8.81. The molecule has 0 aromatic rings. The first-order valence-corrected chi connectivity index (χ1v) is 8.81. The van der Waals surface area contributed by atoms with Crippen LogP contribution in [0.15, 0.2) is 0 Å². The van der Waals surface area contributed by atoms with Gasteiger partial charge in [0.05, 0.1) is 0 Å². The molecule has 0 amide bonds. The molecule has 1 radical (unpaired) electrons. The van der Waals surface area contributed by atoms with E-state index >= 15 is 0 Å². The monoisotopic (exact) mass is 263 g/mol. The van der Waals surface area contributed by atoms with E-state index in [0.29, 0.717) is 0 Å². The fourth-order valence-electron chi connectivity index (χ4n) is 2.58. The number of unbranched alkanes of at least 4 members (excludes halogenated alkanes) is 15. The molecule has 0 aromatic carbocycles. The summed E-state index contributed by atoms with van der Waals surface area (Å²) in [5, 5.41) is 0. The zero-order valence-corrected chi connectivity index (χ0v) is 13.3. The van der Waals surface area contributed by atoms with Crippen molar-refractivity contribution in [2.75, 3.05) is 0 Å². The second-order valence-corrected chi connectivity index (χ2v) is 5.88. The zero-order chi connectivity index (χ0) is 14.0. The minimum absolute atomic E-state index is 0.859. The summed E-state index contributed by atoms with van der Waals surface area (Å²) < 4.78 is 0. The Hall–Kier alpha value is -0.440.